The molecule has 106 valence electrons. The van der Waals surface area contributed by atoms with E-state index in [0.29, 0.717) is 11.4 Å². The maximum absolute atomic E-state index is 12.2. The average Bonchev–Trinajstić information content (AvgIpc) is 2.33. The Morgan fingerprint density at radius 3 is 2.47 bits per heavy atom. The molecule has 0 aliphatic rings. The van der Waals surface area contributed by atoms with Gasteiger partial charge in [0.25, 0.3) is 0 Å². The number of hydrogen-bond donors (Lipinski definition) is 1. The normalized spacial score (nSPS) is 11.0. The summed E-state index contributed by atoms with van der Waals surface area (Å²) in [4.78, 5) is 13.5. The Labute approximate surface area is 113 Å². The molecule has 0 unspecified atom stereocenters. The van der Waals surface area contributed by atoms with Crippen LogP contribution in [0.4, 0.5) is 10.5 Å². The summed E-state index contributed by atoms with van der Waals surface area (Å²) in [6.07, 6.45) is -0.508. The van der Waals surface area contributed by atoms with E-state index in [4.69, 9.17) is 14.6 Å². The van der Waals surface area contributed by atoms with Crippen LogP contribution in [0.5, 0.6) is 5.75 Å². The molecule has 19 heavy (non-hydrogen) atoms. The largest absolute Gasteiger partial charge is 0.495 e. The Bertz CT molecular complexity index is 426. The Morgan fingerprint density at radius 1 is 1.32 bits per heavy atom. The Morgan fingerprint density at radius 2 is 1.95 bits per heavy atom. The minimum atomic E-state index is -0.590. The summed E-state index contributed by atoms with van der Waals surface area (Å²) < 4.78 is 10.5. The molecule has 0 bridgehead atoms. The minimum absolute atomic E-state index is 0.148. The van der Waals surface area contributed by atoms with Gasteiger partial charge in [-0.05, 0) is 32.9 Å². The van der Waals surface area contributed by atoms with Gasteiger partial charge in [-0.2, -0.15) is 0 Å². The standard InChI is InChI=1S/C14H21NO4/c1-14(2,3)19-13(17)15(9-10-16)11-7-5-6-8-12(11)18-4/h5-8,16H,9-10H2,1-4H3. The van der Waals surface area contributed by atoms with Crippen LogP contribution in [0.25, 0.3) is 0 Å². The third-order valence-corrected chi connectivity index (χ3v) is 2.31. The number of ether oxygens (including phenoxy) is 2. The number of benzene rings is 1. The summed E-state index contributed by atoms with van der Waals surface area (Å²) in [5.74, 6) is 0.557. The smallest absolute Gasteiger partial charge is 0.415 e. The number of carbonyl (C=O) groups is 1. The van der Waals surface area contributed by atoms with Crippen molar-refractivity contribution in [3.8, 4) is 5.75 Å². The quantitative estimate of drug-likeness (QED) is 0.910. The van der Waals surface area contributed by atoms with Gasteiger partial charge in [-0.15, -0.1) is 0 Å². The molecule has 1 aromatic carbocycles. The number of aliphatic hydroxyl groups excluding tert-OH is 1. The van der Waals surface area contributed by atoms with Gasteiger partial charge in [0.1, 0.15) is 11.4 Å². The highest BCUT2D eigenvalue weighted by atomic mass is 16.6. The third-order valence-electron chi connectivity index (χ3n) is 2.31. The van der Waals surface area contributed by atoms with Crippen molar-refractivity contribution in [2.75, 3.05) is 25.2 Å². The van der Waals surface area contributed by atoms with Crippen molar-refractivity contribution >= 4 is 11.8 Å². The van der Waals surface area contributed by atoms with E-state index in [9.17, 15) is 4.79 Å². The second-order valence-corrected chi connectivity index (χ2v) is 5.03. The fourth-order valence-corrected chi connectivity index (χ4v) is 1.58. The van der Waals surface area contributed by atoms with Crippen LogP contribution < -0.4 is 9.64 Å². The molecule has 0 aliphatic heterocycles. The predicted octanol–water partition coefficient (Wildman–Crippen LogP) is 2.43. The molecule has 0 aromatic heterocycles. The Balaban J connectivity index is 3.03. The first kappa shape index (κ1) is 15.3. The molecule has 0 aliphatic carbocycles. The molecule has 1 rings (SSSR count). The second kappa shape index (κ2) is 6.43. The first-order valence-corrected chi connectivity index (χ1v) is 6.13. The van der Waals surface area contributed by atoms with Crippen LogP contribution in [0.3, 0.4) is 0 Å². The molecule has 0 saturated carbocycles. The van der Waals surface area contributed by atoms with Gasteiger partial charge in [-0.25, -0.2) is 4.79 Å². The first-order valence-electron chi connectivity index (χ1n) is 6.13. The van der Waals surface area contributed by atoms with Crippen LogP contribution >= 0.6 is 0 Å². The summed E-state index contributed by atoms with van der Waals surface area (Å²) in [5.41, 5.74) is -0.0133. The number of methoxy groups -OCH3 is 1. The molecule has 1 amide bonds. The van der Waals surface area contributed by atoms with E-state index < -0.39 is 11.7 Å². The maximum Gasteiger partial charge on any atom is 0.415 e. The predicted molar refractivity (Wildman–Crippen MR) is 73.7 cm³/mol. The highest BCUT2D eigenvalue weighted by molar-refractivity contribution is 5.89. The number of amides is 1. The lowest BCUT2D eigenvalue weighted by Crippen LogP contribution is -2.38. The second-order valence-electron chi connectivity index (χ2n) is 5.03. The fraction of sp³-hybridized carbons (Fsp3) is 0.500. The first-order chi connectivity index (χ1) is 8.89. The number of nitrogens with zero attached hydrogens (tertiary/aromatic N) is 1. The van der Waals surface area contributed by atoms with E-state index in [1.165, 1.54) is 12.0 Å². The van der Waals surface area contributed by atoms with Crippen LogP contribution in [-0.4, -0.2) is 37.1 Å². The molecule has 0 saturated heterocycles. The molecule has 0 spiro atoms. The summed E-state index contributed by atoms with van der Waals surface area (Å²) in [6, 6.07) is 7.11. The van der Waals surface area contributed by atoms with Crippen molar-refractivity contribution in [3.05, 3.63) is 24.3 Å². The van der Waals surface area contributed by atoms with Crippen molar-refractivity contribution in [2.24, 2.45) is 0 Å². The van der Waals surface area contributed by atoms with Gasteiger partial charge >= 0.3 is 6.09 Å². The topological polar surface area (TPSA) is 59.0 Å². The number of para-hydroxylation sites is 2. The van der Waals surface area contributed by atoms with E-state index in [1.807, 2.05) is 6.07 Å². The van der Waals surface area contributed by atoms with Gasteiger partial charge in [0.2, 0.25) is 0 Å². The number of rotatable bonds is 4. The van der Waals surface area contributed by atoms with Crippen molar-refractivity contribution in [3.63, 3.8) is 0 Å². The van der Waals surface area contributed by atoms with Gasteiger partial charge < -0.3 is 14.6 Å². The van der Waals surface area contributed by atoms with E-state index in [2.05, 4.69) is 0 Å². The van der Waals surface area contributed by atoms with Gasteiger partial charge in [-0.3, -0.25) is 4.90 Å². The van der Waals surface area contributed by atoms with Gasteiger partial charge in [-0.1, -0.05) is 12.1 Å². The lowest BCUT2D eigenvalue weighted by molar-refractivity contribution is 0.0572. The number of anilines is 1. The lowest BCUT2D eigenvalue weighted by atomic mass is 10.2. The molecule has 5 heteroatoms. The molecule has 0 atom stereocenters. The monoisotopic (exact) mass is 267 g/mol. The Kier molecular flexibility index (Phi) is 5.18. The number of aliphatic hydroxyl groups is 1. The molecule has 1 N–H and O–H groups in total. The highest BCUT2D eigenvalue weighted by Crippen LogP contribution is 2.28. The van der Waals surface area contributed by atoms with E-state index in [0.717, 1.165) is 0 Å². The molecular weight excluding hydrogens is 246 g/mol. The van der Waals surface area contributed by atoms with Crippen molar-refractivity contribution < 1.29 is 19.4 Å². The SMILES string of the molecule is COc1ccccc1N(CCO)C(=O)OC(C)(C)C. The van der Waals surface area contributed by atoms with Crippen molar-refractivity contribution in [1.82, 2.24) is 0 Å². The van der Waals surface area contributed by atoms with Crippen LogP contribution in [-0.2, 0) is 4.74 Å². The maximum atomic E-state index is 12.2. The van der Waals surface area contributed by atoms with Crippen molar-refractivity contribution in [1.29, 1.82) is 0 Å². The molecule has 0 fully saturated rings. The summed E-state index contributed by atoms with van der Waals surface area (Å²) in [5, 5.41) is 9.12. The molecule has 5 nitrogen and oxygen atoms in total. The van der Waals surface area contributed by atoms with E-state index in [1.54, 1.807) is 39.0 Å². The van der Waals surface area contributed by atoms with Crippen LogP contribution in [0.2, 0.25) is 0 Å². The number of hydrogen-bond acceptors (Lipinski definition) is 4. The van der Waals surface area contributed by atoms with Crippen LogP contribution in [0.1, 0.15) is 20.8 Å². The average molecular weight is 267 g/mol. The zero-order chi connectivity index (χ0) is 14.5. The van der Waals surface area contributed by atoms with Crippen LogP contribution in [0.15, 0.2) is 24.3 Å². The molecular formula is C14H21NO4. The zero-order valence-electron chi connectivity index (χ0n) is 11.8. The van der Waals surface area contributed by atoms with Gasteiger partial charge in [0.15, 0.2) is 0 Å². The van der Waals surface area contributed by atoms with Crippen LogP contribution in [0, 0.1) is 0 Å². The van der Waals surface area contributed by atoms with Crippen molar-refractivity contribution in [2.45, 2.75) is 26.4 Å². The summed E-state index contributed by atoms with van der Waals surface area (Å²) >= 11 is 0. The third kappa shape index (κ3) is 4.44. The Hall–Kier alpha value is -1.75. The molecule has 0 heterocycles. The lowest BCUT2D eigenvalue weighted by Gasteiger charge is -2.27. The highest BCUT2D eigenvalue weighted by Gasteiger charge is 2.24. The molecule has 0 radical (unpaired) electrons. The summed E-state index contributed by atoms with van der Waals surface area (Å²) in [6.45, 7) is 5.38. The zero-order valence-corrected chi connectivity index (χ0v) is 11.8. The molecule has 1 aromatic rings. The number of carbonyl (C=O) groups excluding carboxylic acids is 1. The minimum Gasteiger partial charge on any atom is -0.495 e. The van der Waals surface area contributed by atoms with E-state index in [-0.39, 0.29) is 13.2 Å². The summed E-state index contributed by atoms with van der Waals surface area (Å²) in [7, 11) is 1.53. The van der Waals surface area contributed by atoms with Gasteiger partial charge in [0, 0.05) is 0 Å². The van der Waals surface area contributed by atoms with E-state index >= 15 is 0 Å². The van der Waals surface area contributed by atoms with Gasteiger partial charge in [0.05, 0.1) is 25.9 Å². The fourth-order valence-electron chi connectivity index (χ4n) is 1.58.